The molecule has 2 rings (SSSR count). The first-order chi connectivity index (χ1) is 20.2. The molecule has 6 nitrogen and oxygen atoms in total. The lowest BCUT2D eigenvalue weighted by molar-refractivity contribution is 0.0249. The van der Waals surface area contributed by atoms with E-state index in [1.165, 1.54) is 11.6 Å². The Morgan fingerprint density at radius 1 is 0.690 bits per heavy atom. The predicted molar refractivity (Wildman–Crippen MR) is 170 cm³/mol. The number of carbonyl (C=O) groups is 1. The molecule has 0 heterocycles. The molecule has 0 bridgehead atoms. The Labute approximate surface area is 254 Å². The van der Waals surface area contributed by atoms with Gasteiger partial charge in [-0.25, -0.2) is 4.79 Å². The molecule has 2 aromatic carbocycles. The zero-order valence-electron chi connectivity index (χ0n) is 26.4. The smallest absolute Gasteiger partial charge is 0.342 e. The van der Waals surface area contributed by atoms with Crippen LogP contribution in [0.2, 0.25) is 0 Å². The van der Waals surface area contributed by atoms with Gasteiger partial charge < -0.3 is 25.2 Å². The van der Waals surface area contributed by atoms with E-state index in [0.29, 0.717) is 17.7 Å². The van der Waals surface area contributed by atoms with Crippen molar-refractivity contribution in [1.29, 1.82) is 0 Å². The van der Waals surface area contributed by atoms with Crippen molar-refractivity contribution in [2.75, 3.05) is 0 Å². The SMILES string of the molecule is CCCC(O)CCCCCCCc1cc(O)cc(O)c1C(=O)OC(CCC)CCCCCCCc1cc(C)cc(O)c1. The molecule has 2 aromatic rings. The van der Waals surface area contributed by atoms with E-state index in [1.54, 1.807) is 12.1 Å². The number of esters is 1. The lowest BCUT2D eigenvalue weighted by Gasteiger charge is -2.19. The molecule has 0 saturated carbocycles. The maximum atomic E-state index is 13.2. The van der Waals surface area contributed by atoms with Crippen molar-refractivity contribution in [2.45, 2.75) is 149 Å². The third-order valence-corrected chi connectivity index (χ3v) is 7.99. The van der Waals surface area contributed by atoms with Gasteiger partial charge in [0, 0.05) is 6.07 Å². The highest BCUT2D eigenvalue weighted by molar-refractivity contribution is 5.94. The second-order valence-corrected chi connectivity index (χ2v) is 12.0. The van der Waals surface area contributed by atoms with Gasteiger partial charge in [-0.1, -0.05) is 77.7 Å². The van der Waals surface area contributed by atoms with Crippen molar-refractivity contribution in [3.8, 4) is 17.2 Å². The van der Waals surface area contributed by atoms with Crippen LogP contribution in [0.25, 0.3) is 0 Å². The summed E-state index contributed by atoms with van der Waals surface area (Å²) >= 11 is 0. The van der Waals surface area contributed by atoms with Crippen molar-refractivity contribution in [1.82, 2.24) is 0 Å². The van der Waals surface area contributed by atoms with Gasteiger partial charge in [0.1, 0.15) is 28.9 Å². The molecule has 0 amide bonds. The van der Waals surface area contributed by atoms with Crippen LogP contribution in [-0.2, 0) is 17.6 Å². The maximum absolute atomic E-state index is 13.2. The van der Waals surface area contributed by atoms with Gasteiger partial charge in [-0.2, -0.15) is 0 Å². The second kappa shape index (κ2) is 20.2. The molecular formula is C36H56O6. The van der Waals surface area contributed by atoms with Crippen LogP contribution in [0.15, 0.2) is 30.3 Å². The minimum atomic E-state index is -0.507. The van der Waals surface area contributed by atoms with Crippen LogP contribution in [-0.4, -0.2) is 38.6 Å². The van der Waals surface area contributed by atoms with Crippen LogP contribution in [0.4, 0.5) is 0 Å². The molecule has 2 atom stereocenters. The van der Waals surface area contributed by atoms with Crippen molar-refractivity contribution >= 4 is 5.97 Å². The van der Waals surface area contributed by atoms with Crippen molar-refractivity contribution in [3.05, 3.63) is 52.6 Å². The van der Waals surface area contributed by atoms with Crippen LogP contribution >= 0.6 is 0 Å². The van der Waals surface area contributed by atoms with Gasteiger partial charge in [0.2, 0.25) is 0 Å². The Bertz CT molecular complexity index is 1030. The van der Waals surface area contributed by atoms with E-state index in [2.05, 4.69) is 19.9 Å². The van der Waals surface area contributed by atoms with E-state index in [4.69, 9.17) is 4.74 Å². The largest absolute Gasteiger partial charge is 0.508 e. The maximum Gasteiger partial charge on any atom is 0.342 e. The summed E-state index contributed by atoms with van der Waals surface area (Å²) in [6.45, 7) is 6.17. The number of phenolic OH excluding ortho intramolecular Hbond substituents is 3. The van der Waals surface area contributed by atoms with Crippen LogP contribution in [0.5, 0.6) is 17.2 Å². The summed E-state index contributed by atoms with van der Waals surface area (Å²) in [6.07, 6.45) is 16.7. The number of ether oxygens (including phenoxy) is 1. The third kappa shape index (κ3) is 14.0. The number of aliphatic hydroxyl groups is 1. The highest BCUT2D eigenvalue weighted by Crippen LogP contribution is 2.30. The molecule has 0 aliphatic rings. The van der Waals surface area contributed by atoms with Gasteiger partial charge in [-0.15, -0.1) is 0 Å². The molecule has 4 N–H and O–H groups in total. The number of hydrogen-bond donors (Lipinski definition) is 4. The molecule has 236 valence electrons. The number of aromatic hydroxyl groups is 3. The standard InChI is InChI=1S/C36H56O6/c1-4-16-30(37)20-14-10-7-9-13-19-29-25-32(39)26-34(40)35(29)36(41)42-33(17-5-2)21-15-11-6-8-12-18-28-22-27(3)23-31(38)24-28/h22-26,30,33,37-40H,4-21H2,1-3H3. The van der Waals surface area contributed by atoms with Gasteiger partial charge in [0.05, 0.1) is 6.10 Å². The number of aliphatic hydroxyl groups excluding tert-OH is 1. The molecular weight excluding hydrogens is 528 g/mol. The van der Waals surface area contributed by atoms with E-state index in [0.717, 1.165) is 115 Å². The number of rotatable bonds is 22. The number of unbranched alkanes of at least 4 members (excludes halogenated alkanes) is 8. The monoisotopic (exact) mass is 584 g/mol. The molecule has 2 unspecified atom stereocenters. The van der Waals surface area contributed by atoms with Gasteiger partial charge in [0.15, 0.2) is 0 Å². The number of carbonyl (C=O) groups excluding carboxylic acids is 1. The average molecular weight is 585 g/mol. The number of benzene rings is 2. The fraction of sp³-hybridized carbons (Fsp3) is 0.639. The second-order valence-electron chi connectivity index (χ2n) is 12.0. The fourth-order valence-electron chi connectivity index (χ4n) is 5.82. The van der Waals surface area contributed by atoms with Crippen molar-refractivity contribution in [3.63, 3.8) is 0 Å². The van der Waals surface area contributed by atoms with E-state index in [9.17, 15) is 25.2 Å². The Morgan fingerprint density at radius 2 is 1.29 bits per heavy atom. The molecule has 0 aromatic heterocycles. The molecule has 0 aliphatic heterocycles. The molecule has 0 saturated heterocycles. The number of hydrogen-bond acceptors (Lipinski definition) is 6. The Balaban J connectivity index is 1.78. The van der Waals surface area contributed by atoms with Gasteiger partial charge in [-0.05, 0) is 99.6 Å². The van der Waals surface area contributed by atoms with E-state index in [-0.39, 0.29) is 29.3 Å². The predicted octanol–water partition coefficient (Wildman–Crippen LogP) is 9.06. The fourth-order valence-corrected chi connectivity index (χ4v) is 5.82. The lowest BCUT2D eigenvalue weighted by atomic mass is 9.98. The van der Waals surface area contributed by atoms with Crippen LogP contribution in [0, 0.1) is 6.92 Å². The normalized spacial score (nSPS) is 12.8. The first-order valence-corrected chi connectivity index (χ1v) is 16.5. The summed E-state index contributed by atoms with van der Waals surface area (Å²) < 4.78 is 5.92. The van der Waals surface area contributed by atoms with Crippen LogP contribution < -0.4 is 0 Å². The highest BCUT2D eigenvalue weighted by Gasteiger charge is 2.22. The summed E-state index contributed by atoms with van der Waals surface area (Å²) in [5.74, 6) is -0.447. The van der Waals surface area contributed by atoms with E-state index in [1.807, 2.05) is 13.0 Å². The molecule has 0 fully saturated rings. The number of aryl methyl sites for hydroxylation is 3. The number of phenols is 3. The Kier molecular flexibility index (Phi) is 17.1. The first-order valence-electron chi connectivity index (χ1n) is 16.5. The summed E-state index contributed by atoms with van der Waals surface area (Å²) in [5.41, 5.74) is 3.07. The zero-order valence-corrected chi connectivity index (χ0v) is 26.4. The van der Waals surface area contributed by atoms with Crippen molar-refractivity contribution < 1.29 is 30.0 Å². The summed E-state index contributed by atoms with van der Waals surface area (Å²) in [7, 11) is 0. The van der Waals surface area contributed by atoms with Crippen LogP contribution in [0.3, 0.4) is 0 Å². The summed E-state index contributed by atoms with van der Waals surface area (Å²) in [5, 5.41) is 40.3. The van der Waals surface area contributed by atoms with E-state index >= 15 is 0 Å². The van der Waals surface area contributed by atoms with Crippen molar-refractivity contribution in [2.24, 2.45) is 0 Å². The minimum Gasteiger partial charge on any atom is -0.508 e. The Hall–Kier alpha value is -2.73. The lowest BCUT2D eigenvalue weighted by Crippen LogP contribution is -2.19. The molecule has 6 heteroatoms. The first kappa shape index (κ1) is 35.5. The topological polar surface area (TPSA) is 107 Å². The van der Waals surface area contributed by atoms with Gasteiger partial charge in [-0.3, -0.25) is 0 Å². The molecule has 42 heavy (non-hydrogen) atoms. The van der Waals surface area contributed by atoms with Gasteiger partial charge >= 0.3 is 5.97 Å². The zero-order chi connectivity index (χ0) is 30.7. The average Bonchev–Trinajstić information content (AvgIpc) is 2.91. The summed E-state index contributed by atoms with van der Waals surface area (Å²) in [4.78, 5) is 13.2. The summed E-state index contributed by atoms with van der Waals surface area (Å²) in [6, 6.07) is 8.54. The van der Waals surface area contributed by atoms with Gasteiger partial charge in [0.25, 0.3) is 0 Å². The highest BCUT2D eigenvalue weighted by atomic mass is 16.5. The molecule has 0 spiro atoms. The third-order valence-electron chi connectivity index (χ3n) is 7.99. The molecule has 0 aliphatic carbocycles. The quantitative estimate of drug-likeness (QED) is 0.0812. The Morgan fingerprint density at radius 3 is 1.95 bits per heavy atom. The molecule has 0 radical (unpaired) electrons. The van der Waals surface area contributed by atoms with Crippen LogP contribution in [0.1, 0.15) is 144 Å². The van der Waals surface area contributed by atoms with E-state index < -0.39 is 5.97 Å². The minimum absolute atomic E-state index is 0.0479.